The molecule has 0 unspecified atom stereocenters. The molecule has 0 spiro atoms. The minimum Gasteiger partial charge on any atom is -0.465 e. The van der Waals surface area contributed by atoms with Gasteiger partial charge in [0.05, 0.1) is 23.5 Å². The molecule has 0 aromatic carbocycles. The highest BCUT2D eigenvalue weighted by atomic mass is 32.2. The van der Waals surface area contributed by atoms with Gasteiger partial charge in [0.2, 0.25) is 5.91 Å². The van der Waals surface area contributed by atoms with E-state index in [0.717, 1.165) is 36.3 Å². The number of aromatic nitrogens is 1. The van der Waals surface area contributed by atoms with Gasteiger partial charge in [0.15, 0.2) is 0 Å². The van der Waals surface area contributed by atoms with E-state index in [4.69, 9.17) is 4.74 Å². The lowest BCUT2D eigenvalue weighted by Gasteiger charge is -2.07. The topological polar surface area (TPSA) is 68.3 Å². The summed E-state index contributed by atoms with van der Waals surface area (Å²) in [5.74, 6) is -0.260. The van der Waals surface area contributed by atoms with Crippen molar-refractivity contribution in [1.82, 2.24) is 4.98 Å². The molecule has 0 saturated heterocycles. The third-order valence-electron chi connectivity index (χ3n) is 4.05. The van der Waals surface area contributed by atoms with E-state index in [1.54, 1.807) is 6.20 Å². The molecule has 0 radical (unpaired) electrons. The Balaban J connectivity index is 1.74. The van der Waals surface area contributed by atoms with E-state index >= 15 is 0 Å². The maximum Gasteiger partial charge on any atom is 0.341 e. The van der Waals surface area contributed by atoms with Crippen LogP contribution in [0.25, 0.3) is 0 Å². The summed E-state index contributed by atoms with van der Waals surface area (Å²) in [6.45, 7) is 0. The Morgan fingerprint density at radius 2 is 2.12 bits per heavy atom. The number of ether oxygens (including phenoxy) is 1. The first-order valence-corrected chi connectivity index (χ1v) is 10.1. The van der Waals surface area contributed by atoms with Crippen molar-refractivity contribution in [3.05, 3.63) is 40.4 Å². The van der Waals surface area contributed by atoms with Crippen LogP contribution in [0.4, 0.5) is 5.00 Å². The fraction of sp³-hybridized carbons (Fsp3) is 0.389. The van der Waals surface area contributed by atoms with E-state index in [9.17, 15) is 9.59 Å². The van der Waals surface area contributed by atoms with Crippen LogP contribution in [0.2, 0.25) is 0 Å². The summed E-state index contributed by atoms with van der Waals surface area (Å²) in [5.41, 5.74) is 1.60. The van der Waals surface area contributed by atoms with Crippen LogP contribution in [-0.4, -0.2) is 29.7 Å². The first-order valence-electron chi connectivity index (χ1n) is 8.25. The SMILES string of the molecule is COC(=O)c1c(NC(=O)CSc2ccccn2)sc2c1CCCCC2. The van der Waals surface area contributed by atoms with Crippen molar-refractivity contribution in [3.8, 4) is 0 Å². The van der Waals surface area contributed by atoms with Crippen molar-refractivity contribution in [2.45, 2.75) is 37.1 Å². The van der Waals surface area contributed by atoms with Crippen molar-refractivity contribution >= 4 is 40.0 Å². The number of anilines is 1. The molecule has 2 aromatic rings. The molecule has 25 heavy (non-hydrogen) atoms. The molecule has 132 valence electrons. The first-order chi connectivity index (χ1) is 12.2. The molecule has 3 rings (SSSR count). The monoisotopic (exact) mass is 376 g/mol. The lowest BCUT2D eigenvalue weighted by atomic mass is 10.1. The predicted octanol–water partition coefficient (Wildman–Crippen LogP) is 3.93. The summed E-state index contributed by atoms with van der Waals surface area (Å²) in [6.07, 6.45) is 6.89. The molecule has 0 aliphatic heterocycles. The average Bonchev–Trinajstić information content (AvgIpc) is 2.81. The maximum absolute atomic E-state index is 12.3. The summed E-state index contributed by atoms with van der Waals surface area (Å²) in [5, 5.41) is 4.32. The number of nitrogens with zero attached hydrogens (tertiary/aromatic N) is 1. The van der Waals surface area contributed by atoms with Gasteiger partial charge in [0.1, 0.15) is 5.00 Å². The van der Waals surface area contributed by atoms with Crippen LogP contribution in [0.15, 0.2) is 29.4 Å². The van der Waals surface area contributed by atoms with Gasteiger partial charge < -0.3 is 10.1 Å². The molecule has 1 amide bonds. The second kappa shape index (κ2) is 8.49. The van der Waals surface area contributed by atoms with Gasteiger partial charge in [-0.25, -0.2) is 9.78 Å². The molecule has 5 nitrogen and oxygen atoms in total. The Kier molecular flexibility index (Phi) is 6.09. The largest absolute Gasteiger partial charge is 0.465 e. The molecule has 0 bridgehead atoms. The van der Waals surface area contributed by atoms with Gasteiger partial charge in [-0.1, -0.05) is 24.2 Å². The minimum absolute atomic E-state index is 0.141. The van der Waals surface area contributed by atoms with Gasteiger partial charge in [0, 0.05) is 11.1 Å². The highest BCUT2D eigenvalue weighted by Gasteiger charge is 2.26. The van der Waals surface area contributed by atoms with Crippen LogP contribution >= 0.6 is 23.1 Å². The van der Waals surface area contributed by atoms with Gasteiger partial charge in [-0.15, -0.1) is 11.3 Å². The van der Waals surface area contributed by atoms with Crippen molar-refractivity contribution in [3.63, 3.8) is 0 Å². The maximum atomic E-state index is 12.3. The number of carbonyl (C=O) groups is 2. The van der Waals surface area contributed by atoms with E-state index in [-0.39, 0.29) is 17.6 Å². The molecule has 1 aliphatic rings. The number of hydrogen-bond acceptors (Lipinski definition) is 6. The number of thioether (sulfide) groups is 1. The molecule has 1 N–H and O–H groups in total. The van der Waals surface area contributed by atoms with Crippen LogP contribution in [0.1, 0.15) is 40.1 Å². The number of rotatable bonds is 5. The van der Waals surface area contributed by atoms with E-state index < -0.39 is 0 Å². The number of thiophene rings is 1. The fourth-order valence-electron chi connectivity index (χ4n) is 2.88. The van der Waals surface area contributed by atoms with Crippen molar-refractivity contribution in [2.24, 2.45) is 0 Å². The number of hydrogen-bond donors (Lipinski definition) is 1. The Bertz CT molecular complexity index is 759. The van der Waals surface area contributed by atoms with Gasteiger partial charge in [0.25, 0.3) is 0 Å². The third kappa shape index (κ3) is 4.41. The number of fused-ring (bicyclic) bond motifs is 1. The number of methoxy groups -OCH3 is 1. The fourth-order valence-corrected chi connectivity index (χ4v) is 4.84. The second-order valence-corrected chi connectivity index (χ2v) is 7.87. The van der Waals surface area contributed by atoms with E-state index in [0.29, 0.717) is 10.6 Å². The Labute approximate surface area is 155 Å². The first kappa shape index (κ1) is 17.9. The lowest BCUT2D eigenvalue weighted by molar-refractivity contribution is -0.113. The molecule has 7 heteroatoms. The molecule has 2 aromatic heterocycles. The highest BCUT2D eigenvalue weighted by Crippen LogP contribution is 2.38. The third-order valence-corrected chi connectivity index (χ3v) is 6.20. The van der Waals surface area contributed by atoms with E-state index in [2.05, 4.69) is 10.3 Å². The summed E-state index contributed by atoms with van der Waals surface area (Å²) in [6, 6.07) is 5.59. The van der Waals surface area contributed by atoms with Gasteiger partial charge in [-0.05, 0) is 43.4 Å². The predicted molar refractivity (Wildman–Crippen MR) is 101 cm³/mol. The van der Waals surface area contributed by atoms with Gasteiger partial charge >= 0.3 is 5.97 Å². The lowest BCUT2D eigenvalue weighted by Crippen LogP contribution is -2.16. The van der Waals surface area contributed by atoms with Crippen LogP contribution in [0.3, 0.4) is 0 Å². The molecular formula is C18H20N2O3S2. The van der Waals surface area contributed by atoms with Crippen LogP contribution in [0.5, 0.6) is 0 Å². The smallest absolute Gasteiger partial charge is 0.341 e. The number of pyridine rings is 1. The average molecular weight is 377 g/mol. The van der Waals surface area contributed by atoms with Gasteiger partial charge in [-0.3, -0.25) is 4.79 Å². The molecular weight excluding hydrogens is 356 g/mol. The van der Waals surface area contributed by atoms with E-state index in [1.165, 1.54) is 41.5 Å². The van der Waals surface area contributed by atoms with Crippen LogP contribution < -0.4 is 5.32 Å². The number of aryl methyl sites for hydroxylation is 1. The standard InChI is InChI=1S/C18H20N2O3S2/c1-23-18(22)16-12-7-3-2-4-8-13(12)25-17(16)20-14(21)11-24-15-9-5-6-10-19-15/h5-6,9-10H,2-4,7-8,11H2,1H3,(H,20,21). The molecule has 0 fully saturated rings. The van der Waals surface area contributed by atoms with Crippen molar-refractivity contribution in [1.29, 1.82) is 0 Å². The second-order valence-electron chi connectivity index (χ2n) is 5.76. The molecule has 0 atom stereocenters. The Morgan fingerprint density at radius 3 is 2.88 bits per heavy atom. The van der Waals surface area contributed by atoms with Gasteiger partial charge in [-0.2, -0.15) is 0 Å². The molecule has 0 saturated carbocycles. The van der Waals surface area contributed by atoms with Crippen LogP contribution in [0, 0.1) is 0 Å². The summed E-state index contributed by atoms with van der Waals surface area (Å²) in [7, 11) is 1.38. The van der Waals surface area contributed by atoms with Crippen LogP contribution in [-0.2, 0) is 22.4 Å². The van der Waals surface area contributed by atoms with Crippen molar-refractivity contribution < 1.29 is 14.3 Å². The zero-order valence-corrected chi connectivity index (χ0v) is 15.7. The normalized spacial score (nSPS) is 13.6. The highest BCUT2D eigenvalue weighted by molar-refractivity contribution is 7.99. The zero-order valence-electron chi connectivity index (χ0n) is 14.0. The summed E-state index contributed by atoms with van der Waals surface area (Å²) >= 11 is 2.88. The minimum atomic E-state index is -0.368. The quantitative estimate of drug-likeness (QED) is 0.486. The number of carbonyl (C=O) groups excluding carboxylic acids is 2. The van der Waals surface area contributed by atoms with E-state index in [1.807, 2.05) is 18.2 Å². The molecule has 2 heterocycles. The number of nitrogens with one attached hydrogen (secondary N) is 1. The number of esters is 1. The summed E-state index contributed by atoms with van der Waals surface area (Å²) < 4.78 is 4.95. The zero-order chi connectivity index (χ0) is 17.6. The Morgan fingerprint density at radius 1 is 1.28 bits per heavy atom. The Hall–Kier alpha value is -1.86. The molecule has 1 aliphatic carbocycles. The number of amides is 1. The summed E-state index contributed by atoms with van der Waals surface area (Å²) in [4.78, 5) is 30.0. The van der Waals surface area contributed by atoms with Crippen molar-refractivity contribution in [2.75, 3.05) is 18.2 Å².